The van der Waals surface area contributed by atoms with Gasteiger partial charge >= 0.3 is 5.97 Å². The van der Waals surface area contributed by atoms with Gasteiger partial charge in [-0.05, 0) is 20.8 Å². The second-order valence-corrected chi connectivity index (χ2v) is 2.66. The highest BCUT2D eigenvalue weighted by molar-refractivity contribution is 5.85. The molecule has 0 aromatic rings. The minimum Gasteiger partial charge on any atom is -0.373 e. The summed E-state index contributed by atoms with van der Waals surface area (Å²) in [5.41, 5.74) is -0.477. The second kappa shape index (κ2) is 3.69. The van der Waals surface area contributed by atoms with Crippen molar-refractivity contribution in [2.24, 2.45) is 11.3 Å². The van der Waals surface area contributed by atoms with E-state index in [1.54, 1.807) is 20.8 Å². The zero-order chi connectivity index (χ0) is 6.78. The lowest BCUT2D eigenvalue weighted by atomic mass is 9.98. The van der Waals surface area contributed by atoms with Crippen LogP contribution in [0.1, 0.15) is 20.8 Å². The third kappa shape index (κ3) is 4.24. The van der Waals surface area contributed by atoms with Gasteiger partial charge in [0.05, 0.1) is 5.41 Å². The van der Waals surface area contributed by atoms with E-state index in [1.165, 1.54) is 0 Å². The van der Waals surface area contributed by atoms with Crippen LogP contribution in [0.3, 0.4) is 0 Å². The first-order valence-corrected chi connectivity index (χ1v) is 2.39. The molecule has 0 saturated carbocycles. The highest BCUT2D eigenvalue weighted by Crippen LogP contribution is 2.13. The van der Waals surface area contributed by atoms with Gasteiger partial charge in [0.15, 0.2) is 0 Å². The Morgan fingerprint density at radius 3 is 1.78 bits per heavy atom. The Morgan fingerprint density at radius 2 is 1.78 bits per heavy atom. The molecular formula is C5H12ClNO2. The fourth-order valence-electron chi connectivity index (χ4n) is 0.177. The SMILES string of the molecule is CC(C)(C)C(=O)ON.Cl. The van der Waals surface area contributed by atoms with E-state index in [0.29, 0.717) is 0 Å². The van der Waals surface area contributed by atoms with E-state index >= 15 is 0 Å². The summed E-state index contributed by atoms with van der Waals surface area (Å²) >= 11 is 0. The molecule has 0 aromatic carbocycles. The molecule has 0 aliphatic rings. The van der Waals surface area contributed by atoms with Gasteiger partial charge in [0, 0.05) is 0 Å². The number of carbonyl (C=O) groups is 1. The molecule has 3 nitrogen and oxygen atoms in total. The molecule has 0 aliphatic carbocycles. The molecular weight excluding hydrogens is 142 g/mol. The van der Waals surface area contributed by atoms with E-state index in [2.05, 4.69) is 10.7 Å². The maximum absolute atomic E-state index is 10.5. The van der Waals surface area contributed by atoms with Crippen LogP contribution in [0.15, 0.2) is 0 Å². The van der Waals surface area contributed by atoms with Crippen LogP contribution < -0.4 is 5.90 Å². The smallest absolute Gasteiger partial charge is 0.329 e. The van der Waals surface area contributed by atoms with Crippen LogP contribution in [0.2, 0.25) is 0 Å². The Hall–Kier alpha value is -0.280. The Balaban J connectivity index is 0. The number of carbonyl (C=O) groups excluding carboxylic acids is 1. The lowest BCUT2D eigenvalue weighted by Crippen LogP contribution is -2.25. The molecule has 0 heterocycles. The number of hydrogen-bond donors (Lipinski definition) is 1. The van der Waals surface area contributed by atoms with Crippen molar-refractivity contribution in [1.82, 2.24) is 0 Å². The van der Waals surface area contributed by atoms with Gasteiger partial charge in [-0.2, -0.15) is 5.90 Å². The summed E-state index contributed by atoms with van der Waals surface area (Å²) in [5.74, 6) is 4.22. The number of rotatable bonds is 0. The Kier molecular flexibility index (Phi) is 4.72. The molecule has 0 unspecified atom stereocenters. The minimum atomic E-state index is -0.477. The van der Waals surface area contributed by atoms with Crippen molar-refractivity contribution in [3.05, 3.63) is 0 Å². The molecule has 9 heavy (non-hydrogen) atoms. The van der Waals surface area contributed by atoms with Crippen molar-refractivity contribution in [3.63, 3.8) is 0 Å². The molecule has 0 fully saturated rings. The summed E-state index contributed by atoms with van der Waals surface area (Å²) in [4.78, 5) is 14.5. The third-order valence-corrected chi connectivity index (χ3v) is 0.719. The molecule has 0 aromatic heterocycles. The van der Waals surface area contributed by atoms with E-state index in [4.69, 9.17) is 0 Å². The first-order chi connectivity index (χ1) is 3.48. The molecule has 56 valence electrons. The van der Waals surface area contributed by atoms with Crippen molar-refractivity contribution in [2.75, 3.05) is 0 Å². The van der Waals surface area contributed by atoms with Gasteiger partial charge in [0.1, 0.15) is 0 Å². The second-order valence-electron chi connectivity index (χ2n) is 2.66. The average molecular weight is 154 g/mol. The maximum Gasteiger partial charge on any atom is 0.329 e. The van der Waals surface area contributed by atoms with Crippen LogP contribution in [-0.2, 0) is 9.63 Å². The molecule has 0 atom stereocenters. The highest BCUT2D eigenvalue weighted by atomic mass is 35.5. The largest absolute Gasteiger partial charge is 0.373 e. The van der Waals surface area contributed by atoms with E-state index in [1.807, 2.05) is 0 Å². The van der Waals surface area contributed by atoms with E-state index in [-0.39, 0.29) is 12.4 Å². The zero-order valence-corrected chi connectivity index (χ0v) is 6.62. The van der Waals surface area contributed by atoms with Crippen molar-refractivity contribution < 1.29 is 9.63 Å². The van der Waals surface area contributed by atoms with Gasteiger partial charge in [0.2, 0.25) is 0 Å². The first kappa shape index (κ1) is 11.5. The quantitative estimate of drug-likeness (QED) is 0.526. The molecule has 0 amide bonds. The predicted molar refractivity (Wildman–Crippen MR) is 37.0 cm³/mol. The number of halogens is 1. The Labute approximate surface area is 60.9 Å². The number of nitrogens with two attached hydrogens (primary N) is 1. The normalized spacial score (nSPS) is 9.78. The van der Waals surface area contributed by atoms with Crippen LogP contribution in [0, 0.1) is 5.41 Å². The molecule has 0 bridgehead atoms. The summed E-state index contributed by atoms with van der Waals surface area (Å²) in [6.45, 7) is 5.21. The van der Waals surface area contributed by atoms with Crippen molar-refractivity contribution in [1.29, 1.82) is 0 Å². The molecule has 0 saturated heterocycles. The predicted octanol–water partition coefficient (Wildman–Crippen LogP) is 0.871. The summed E-state index contributed by atoms with van der Waals surface area (Å²) in [6.07, 6.45) is 0. The fraction of sp³-hybridized carbons (Fsp3) is 0.800. The maximum atomic E-state index is 10.5. The third-order valence-electron chi connectivity index (χ3n) is 0.719. The Morgan fingerprint density at radius 1 is 1.44 bits per heavy atom. The summed E-state index contributed by atoms with van der Waals surface area (Å²) in [7, 11) is 0. The molecule has 2 N–H and O–H groups in total. The molecule has 4 heteroatoms. The van der Waals surface area contributed by atoms with Crippen LogP contribution in [0.25, 0.3) is 0 Å². The monoisotopic (exact) mass is 153 g/mol. The van der Waals surface area contributed by atoms with Crippen LogP contribution in [0.5, 0.6) is 0 Å². The van der Waals surface area contributed by atoms with Crippen molar-refractivity contribution >= 4 is 18.4 Å². The van der Waals surface area contributed by atoms with Crippen molar-refractivity contribution in [3.8, 4) is 0 Å². The average Bonchev–Trinajstić information content (AvgIpc) is 1.62. The van der Waals surface area contributed by atoms with Gasteiger partial charge in [-0.1, -0.05) is 0 Å². The van der Waals surface area contributed by atoms with Crippen LogP contribution in [0.4, 0.5) is 0 Å². The van der Waals surface area contributed by atoms with Crippen molar-refractivity contribution in [2.45, 2.75) is 20.8 Å². The topological polar surface area (TPSA) is 52.3 Å². The summed E-state index contributed by atoms with van der Waals surface area (Å²) in [5, 5.41) is 0. The van der Waals surface area contributed by atoms with E-state index in [9.17, 15) is 4.79 Å². The van der Waals surface area contributed by atoms with E-state index in [0.717, 1.165) is 0 Å². The van der Waals surface area contributed by atoms with Gasteiger partial charge in [-0.3, -0.25) is 0 Å². The fourth-order valence-corrected chi connectivity index (χ4v) is 0.177. The first-order valence-electron chi connectivity index (χ1n) is 2.39. The van der Waals surface area contributed by atoms with Gasteiger partial charge in [-0.15, -0.1) is 12.4 Å². The molecule has 0 spiro atoms. The lowest BCUT2D eigenvalue weighted by molar-refractivity contribution is -0.153. The van der Waals surface area contributed by atoms with Crippen LogP contribution in [-0.4, -0.2) is 5.97 Å². The minimum absolute atomic E-state index is 0. The number of hydrogen-bond acceptors (Lipinski definition) is 3. The van der Waals surface area contributed by atoms with Gasteiger partial charge < -0.3 is 4.84 Å². The van der Waals surface area contributed by atoms with Gasteiger partial charge in [-0.25, -0.2) is 4.79 Å². The lowest BCUT2D eigenvalue weighted by Gasteiger charge is -2.12. The van der Waals surface area contributed by atoms with Crippen LogP contribution >= 0.6 is 12.4 Å². The highest BCUT2D eigenvalue weighted by Gasteiger charge is 2.21. The zero-order valence-electron chi connectivity index (χ0n) is 5.80. The van der Waals surface area contributed by atoms with E-state index < -0.39 is 11.4 Å². The van der Waals surface area contributed by atoms with Gasteiger partial charge in [0.25, 0.3) is 0 Å². The Bertz CT molecular complexity index is 97.6. The molecule has 0 radical (unpaired) electrons. The summed E-state index contributed by atoms with van der Waals surface area (Å²) < 4.78 is 0. The molecule has 0 rings (SSSR count). The standard InChI is InChI=1S/C5H11NO2.ClH/c1-5(2,3)4(7)8-6;/h6H2,1-3H3;1H. The summed E-state index contributed by atoms with van der Waals surface area (Å²) in [6, 6.07) is 0. The molecule has 0 aliphatic heterocycles.